The highest BCUT2D eigenvalue weighted by molar-refractivity contribution is 6.28. The molecular weight excluding hydrogens is 216 g/mol. The predicted molar refractivity (Wildman–Crippen MR) is 57.4 cm³/mol. The number of rotatable bonds is 1. The molecule has 80 valence electrons. The van der Waals surface area contributed by atoms with Crippen molar-refractivity contribution in [3.8, 4) is 0 Å². The van der Waals surface area contributed by atoms with Crippen molar-refractivity contribution in [1.29, 1.82) is 0 Å². The zero-order valence-electron chi connectivity index (χ0n) is 8.71. The van der Waals surface area contributed by atoms with E-state index in [1.54, 1.807) is 0 Å². The van der Waals surface area contributed by atoms with E-state index < -0.39 is 0 Å². The Hall–Kier alpha value is -1.36. The number of aromatic amines is 1. The van der Waals surface area contributed by atoms with Crippen molar-refractivity contribution in [3.05, 3.63) is 26.9 Å². The Morgan fingerprint density at radius 2 is 2.13 bits per heavy atom. The highest BCUT2D eigenvalue weighted by Gasteiger charge is 2.14. The van der Waals surface area contributed by atoms with Gasteiger partial charge in [-0.3, -0.25) is 4.79 Å². The summed E-state index contributed by atoms with van der Waals surface area (Å²) in [6, 6.07) is 0. The molecule has 0 aliphatic carbocycles. The zero-order chi connectivity index (χ0) is 11.2. The van der Waals surface area contributed by atoms with Crippen LogP contribution in [0.25, 0.3) is 5.78 Å². The van der Waals surface area contributed by atoms with E-state index in [0.717, 1.165) is 5.69 Å². The minimum absolute atomic E-state index is 0.0728. The molecule has 15 heavy (non-hydrogen) atoms. The molecule has 0 bridgehead atoms. The average molecular weight is 227 g/mol. The Bertz CT molecular complexity index is 569. The molecule has 0 fully saturated rings. The van der Waals surface area contributed by atoms with Crippen LogP contribution in [0.5, 0.6) is 0 Å². The monoisotopic (exact) mass is 226 g/mol. The summed E-state index contributed by atoms with van der Waals surface area (Å²) in [5.74, 6) is 0.521. The lowest BCUT2D eigenvalue weighted by Crippen LogP contribution is -2.22. The molecule has 6 heteroatoms. The first-order chi connectivity index (χ1) is 7.00. The Morgan fingerprint density at radius 3 is 2.73 bits per heavy atom. The van der Waals surface area contributed by atoms with Crippen LogP contribution < -0.4 is 5.56 Å². The number of halogens is 1. The van der Waals surface area contributed by atoms with Gasteiger partial charge in [0.1, 0.15) is 0 Å². The van der Waals surface area contributed by atoms with E-state index in [0.29, 0.717) is 11.3 Å². The summed E-state index contributed by atoms with van der Waals surface area (Å²) in [7, 11) is 0. The van der Waals surface area contributed by atoms with E-state index in [2.05, 4.69) is 15.1 Å². The van der Waals surface area contributed by atoms with Crippen molar-refractivity contribution in [2.45, 2.75) is 26.7 Å². The van der Waals surface area contributed by atoms with Crippen LogP contribution >= 0.6 is 11.6 Å². The summed E-state index contributed by atoms with van der Waals surface area (Å²) in [5.41, 5.74) is 1.37. The van der Waals surface area contributed by atoms with Gasteiger partial charge in [-0.1, -0.05) is 13.8 Å². The van der Waals surface area contributed by atoms with Crippen LogP contribution in [0.1, 0.15) is 31.0 Å². The third-order valence-corrected chi connectivity index (χ3v) is 2.44. The van der Waals surface area contributed by atoms with Crippen molar-refractivity contribution in [1.82, 2.24) is 19.6 Å². The lowest BCUT2D eigenvalue weighted by atomic mass is 10.0. The lowest BCUT2D eigenvalue weighted by molar-refractivity contribution is 0.779. The first-order valence-corrected chi connectivity index (χ1v) is 5.03. The van der Waals surface area contributed by atoms with E-state index in [1.165, 1.54) is 4.52 Å². The maximum absolute atomic E-state index is 12.0. The van der Waals surface area contributed by atoms with Gasteiger partial charge in [0, 0.05) is 11.3 Å². The molecule has 0 amide bonds. The fourth-order valence-corrected chi connectivity index (χ4v) is 1.85. The molecule has 0 aliphatic heterocycles. The molecule has 0 spiro atoms. The Balaban J connectivity index is 2.89. The van der Waals surface area contributed by atoms with Crippen molar-refractivity contribution in [2.24, 2.45) is 0 Å². The second-order valence-corrected chi connectivity index (χ2v) is 4.08. The number of aryl methyl sites for hydroxylation is 1. The third kappa shape index (κ3) is 1.52. The number of fused-ring (bicyclic) bond motifs is 1. The zero-order valence-corrected chi connectivity index (χ0v) is 9.46. The number of H-pyrrole nitrogens is 1. The minimum Gasteiger partial charge on any atom is -0.327 e. The molecule has 2 rings (SSSR count). The van der Waals surface area contributed by atoms with E-state index in [-0.39, 0.29) is 16.8 Å². The van der Waals surface area contributed by atoms with E-state index in [4.69, 9.17) is 11.6 Å². The number of hydrogen-bond acceptors (Lipinski definition) is 3. The summed E-state index contributed by atoms with van der Waals surface area (Å²) < 4.78 is 1.20. The maximum atomic E-state index is 12.0. The Morgan fingerprint density at radius 1 is 1.47 bits per heavy atom. The van der Waals surface area contributed by atoms with Gasteiger partial charge in [0.2, 0.25) is 11.1 Å². The van der Waals surface area contributed by atoms with Gasteiger partial charge in [-0.2, -0.15) is 9.50 Å². The molecule has 0 unspecified atom stereocenters. The third-order valence-electron chi connectivity index (χ3n) is 2.28. The highest BCUT2D eigenvalue weighted by atomic mass is 35.5. The van der Waals surface area contributed by atoms with E-state index in [1.807, 2.05) is 20.8 Å². The number of aromatic nitrogens is 4. The van der Waals surface area contributed by atoms with E-state index >= 15 is 0 Å². The molecule has 0 radical (unpaired) electrons. The van der Waals surface area contributed by atoms with Gasteiger partial charge in [0.05, 0.1) is 0 Å². The average Bonchev–Trinajstić information content (AvgIpc) is 2.45. The smallest absolute Gasteiger partial charge is 0.279 e. The van der Waals surface area contributed by atoms with Crippen LogP contribution in [0.2, 0.25) is 5.28 Å². The van der Waals surface area contributed by atoms with Gasteiger partial charge in [-0.15, -0.1) is 5.10 Å². The highest BCUT2D eigenvalue weighted by Crippen LogP contribution is 2.13. The van der Waals surface area contributed by atoms with Crippen LogP contribution in [-0.4, -0.2) is 19.6 Å². The van der Waals surface area contributed by atoms with Gasteiger partial charge in [0.25, 0.3) is 5.56 Å². The SMILES string of the molecule is Cc1[nH]c2nc(Cl)nn2c(=O)c1C(C)C. The van der Waals surface area contributed by atoms with Crippen molar-refractivity contribution in [3.63, 3.8) is 0 Å². The minimum atomic E-state index is -0.157. The maximum Gasteiger partial charge on any atom is 0.279 e. The van der Waals surface area contributed by atoms with Crippen LogP contribution in [0.3, 0.4) is 0 Å². The molecule has 0 aromatic carbocycles. The fraction of sp³-hybridized carbons (Fsp3) is 0.444. The van der Waals surface area contributed by atoms with Gasteiger partial charge in [-0.05, 0) is 24.4 Å². The topological polar surface area (TPSA) is 63.1 Å². The summed E-state index contributed by atoms with van der Waals surface area (Å²) >= 11 is 5.64. The molecule has 2 aromatic rings. The van der Waals surface area contributed by atoms with Gasteiger partial charge < -0.3 is 4.98 Å². The summed E-state index contributed by atoms with van der Waals surface area (Å²) in [6.45, 7) is 5.77. The quantitative estimate of drug-likeness (QED) is 0.802. The van der Waals surface area contributed by atoms with Crippen molar-refractivity contribution < 1.29 is 0 Å². The lowest BCUT2D eigenvalue weighted by Gasteiger charge is -2.07. The normalized spacial score (nSPS) is 11.5. The molecule has 0 saturated carbocycles. The van der Waals surface area contributed by atoms with Crippen molar-refractivity contribution >= 4 is 17.4 Å². The number of nitrogens with one attached hydrogen (secondary N) is 1. The Kier molecular flexibility index (Phi) is 2.26. The van der Waals surface area contributed by atoms with Gasteiger partial charge in [-0.25, -0.2) is 0 Å². The largest absolute Gasteiger partial charge is 0.327 e. The van der Waals surface area contributed by atoms with Crippen LogP contribution in [0.15, 0.2) is 4.79 Å². The molecule has 0 atom stereocenters. The second kappa shape index (κ2) is 3.34. The first kappa shape index (κ1) is 10.2. The molecule has 5 nitrogen and oxygen atoms in total. The van der Waals surface area contributed by atoms with Gasteiger partial charge >= 0.3 is 0 Å². The molecule has 0 saturated heterocycles. The van der Waals surface area contributed by atoms with Gasteiger partial charge in [0.15, 0.2) is 0 Å². The van der Waals surface area contributed by atoms with E-state index in [9.17, 15) is 4.79 Å². The number of hydrogen-bond donors (Lipinski definition) is 1. The van der Waals surface area contributed by atoms with Crippen LogP contribution in [-0.2, 0) is 0 Å². The van der Waals surface area contributed by atoms with Crippen LogP contribution in [0.4, 0.5) is 0 Å². The molecule has 2 heterocycles. The molecular formula is C9H11ClN4O. The molecule has 1 N–H and O–H groups in total. The molecule has 0 aliphatic rings. The second-order valence-electron chi connectivity index (χ2n) is 3.74. The van der Waals surface area contributed by atoms with Crippen LogP contribution in [0, 0.1) is 6.92 Å². The Labute approximate surface area is 91.1 Å². The van der Waals surface area contributed by atoms with Crippen molar-refractivity contribution in [2.75, 3.05) is 0 Å². The summed E-state index contributed by atoms with van der Waals surface area (Å²) in [5, 5.41) is 3.90. The summed E-state index contributed by atoms with van der Waals surface area (Å²) in [4.78, 5) is 18.9. The standard InChI is InChI=1S/C9H11ClN4O/c1-4(2)6-5(3)11-9-12-8(10)13-14(9)7(6)15/h4H,1-3H3,(H,11,12,13). The molecule has 2 aromatic heterocycles. The summed E-state index contributed by atoms with van der Waals surface area (Å²) in [6.07, 6.45) is 0. The fourth-order valence-electron chi connectivity index (χ4n) is 1.70. The number of nitrogens with zero attached hydrogens (tertiary/aromatic N) is 3. The first-order valence-electron chi connectivity index (χ1n) is 4.65. The predicted octanol–water partition coefficient (Wildman–Crippen LogP) is 1.50.